The molecule has 1 saturated heterocycles. The Balaban J connectivity index is 1.71. The van der Waals surface area contributed by atoms with Gasteiger partial charge in [-0.15, -0.1) is 11.3 Å². The number of likely N-dealkylation sites (N-methyl/N-ethyl adjacent to an activating group) is 1. The molecule has 0 aliphatic carbocycles. The van der Waals surface area contributed by atoms with E-state index in [9.17, 15) is 9.59 Å². The van der Waals surface area contributed by atoms with Gasteiger partial charge in [0.1, 0.15) is 0 Å². The highest BCUT2D eigenvalue weighted by atomic mass is 32.1. The summed E-state index contributed by atoms with van der Waals surface area (Å²) in [5.41, 5.74) is 1.42. The molecule has 0 radical (unpaired) electrons. The smallest absolute Gasteiger partial charge is 0.225 e. The van der Waals surface area contributed by atoms with E-state index in [4.69, 9.17) is 0 Å². The highest BCUT2D eigenvalue weighted by molar-refractivity contribution is 7.10. The third-order valence-corrected chi connectivity index (χ3v) is 6.73. The summed E-state index contributed by atoms with van der Waals surface area (Å²) in [4.78, 5) is 32.1. The zero-order valence-electron chi connectivity index (χ0n) is 18.2. The lowest BCUT2D eigenvalue weighted by Crippen LogP contribution is -2.43. The van der Waals surface area contributed by atoms with Crippen molar-refractivity contribution in [2.45, 2.75) is 58.9 Å². The quantitative estimate of drug-likeness (QED) is 0.630. The molecule has 1 atom stereocenters. The molecule has 1 aromatic rings. The summed E-state index contributed by atoms with van der Waals surface area (Å²) in [6.45, 7) is 10.0. The standard InChI is InChI=1S/C22H37N3O2S/c1-6-24(17(2)14-19-15-18(3)28-16-19)11-7-8-21(26)25-12-9-20(10-13-25)22(27)23(4)5/h15-17,20H,6-14H2,1-5H3. The number of nitrogens with zero attached hydrogens (tertiary/aromatic N) is 3. The van der Waals surface area contributed by atoms with E-state index in [1.807, 2.05) is 16.2 Å². The van der Waals surface area contributed by atoms with Gasteiger partial charge in [-0.25, -0.2) is 0 Å². The zero-order chi connectivity index (χ0) is 20.7. The Morgan fingerprint density at radius 2 is 1.96 bits per heavy atom. The molecule has 1 aliphatic heterocycles. The molecule has 0 N–H and O–H groups in total. The molecule has 1 aromatic heterocycles. The summed E-state index contributed by atoms with van der Waals surface area (Å²) in [7, 11) is 3.61. The molecule has 1 unspecified atom stereocenters. The van der Waals surface area contributed by atoms with Crippen LogP contribution in [0.25, 0.3) is 0 Å². The Hall–Kier alpha value is -1.40. The van der Waals surface area contributed by atoms with Crippen LogP contribution in [0.3, 0.4) is 0 Å². The van der Waals surface area contributed by atoms with Gasteiger partial charge in [0.15, 0.2) is 0 Å². The average Bonchev–Trinajstić information content (AvgIpc) is 3.08. The Morgan fingerprint density at radius 3 is 2.50 bits per heavy atom. The first-order valence-corrected chi connectivity index (χ1v) is 11.5. The van der Waals surface area contributed by atoms with Crippen molar-refractivity contribution in [3.63, 3.8) is 0 Å². The van der Waals surface area contributed by atoms with E-state index >= 15 is 0 Å². The number of carbonyl (C=O) groups excluding carboxylic acids is 2. The van der Waals surface area contributed by atoms with Gasteiger partial charge < -0.3 is 14.7 Å². The molecule has 0 bridgehead atoms. The first-order valence-electron chi connectivity index (χ1n) is 10.6. The molecule has 0 spiro atoms. The highest BCUT2D eigenvalue weighted by Crippen LogP contribution is 2.20. The molecule has 28 heavy (non-hydrogen) atoms. The number of aryl methyl sites for hydroxylation is 1. The van der Waals surface area contributed by atoms with Gasteiger partial charge in [0, 0.05) is 50.4 Å². The van der Waals surface area contributed by atoms with Crippen LogP contribution in [-0.2, 0) is 16.0 Å². The first-order chi connectivity index (χ1) is 13.3. The van der Waals surface area contributed by atoms with Gasteiger partial charge in [0.2, 0.25) is 11.8 Å². The van der Waals surface area contributed by atoms with E-state index in [-0.39, 0.29) is 17.7 Å². The fraction of sp³-hybridized carbons (Fsp3) is 0.727. The average molecular weight is 408 g/mol. The second-order valence-corrected chi connectivity index (χ2v) is 9.35. The van der Waals surface area contributed by atoms with Crippen LogP contribution in [0.15, 0.2) is 11.4 Å². The monoisotopic (exact) mass is 407 g/mol. The second-order valence-electron chi connectivity index (χ2n) is 8.24. The first kappa shape index (κ1) is 22.9. The molecule has 1 aliphatic rings. The molecule has 158 valence electrons. The maximum absolute atomic E-state index is 12.6. The van der Waals surface area contributed by atoms with Gasteiger partial charge in [-0.05, 0) is 69.6 Å². The van der Waals surface area contributed by atoms with Crippen LogP contribution in [0, 0.1) is 12.8 Å². The van der Waals surface area contributed by atoms with Crippen molar-refractivity contribution >= 4 is 23.2 Å². The lowest BCUT2D eigenvalue weighted by molar-refractivity contribution is -0.139. The molecule has 6 heteroatoms. The Bertz CT molecular complexity index is 635. The second kappa shape index (κ2) is 11.0. The van der Waals surface area contributed by atoms with E-state index in [2.05, 4.69) is 37.1 Å². The summed E-state index contributed by atoms with van der Waals surface area (Å²) < 4.78 is 0. The van der Waals surface area contributed by atoms with Crippen LogP contribution in [0.1, 0.15) is 50.0 Å². The predicted octanol–water partition coefficient (Wildman–Crippen LogP) is 3.42. The lowest BCUT2D eigenvalue weighted by atomic mass is 9.95. The van der Waals surface area contributed by atoms with Crippen molar-refractivity contribution in [3.8, 4) is 0 Å². The third kappa shape index (κ3) is 6.59. The van der Waals surface area contributed by atoms with Crippen molar-refractivity contribution in [2.75, 3.05) is 40.3 Å². The van der Waals surface area contributed by atoms with Crippen LogP contribution in [0.5, 0.6) is 0 Å². The van der Waals surface area contributed by atoms with Crippen molar-refractivity contribution in [2.24, 2.45) is 5.92 Å². The summed E-state index contributed by atoms with van der Waals surface area (Å²) in [5.74, 6) is 0.518. The summed E-state index contributed by atoms with van der Waals surface area (Å²) in [6.07, 6.45) is 4.16. The van der Waals surface area contributed by atoms with E-state index < -0.39 is 0 Å². The Labute approximate surface area is 174 Å². The van der Waals surface area contributed by atoms with E-state index in [0.29, 0.717) is 25.6 Å². The maximum Gasteiger partial charge on any atom is 0.225 e. The molecular weight excluding hydrogens is 370 g/mol. The van der Waals surface area contributed by atoms with Crippen molar-refractivity contribution in [3.05, 3.63) is 21.9 Å². The van der Waals surface area contributed by atoms with Crippen LogP contribution in [0.4, 0.5) is 0 Å². The fourth-order valence-electron chi connectivity index (χ4n) is 4.10. The van der Waals surface area contributed by atoms with Crippen molar-refractivity contribution < 1.29 is 9.59 Å². The number of rotatable bonds is 9. The van der Waals surface area contributed by atoms with E-state index in [0.717, 1.165) is 38.8 Å². The van der Waals surface area contributed by atoms with Gasteiger partial charge in [0.05, 0.1) is 0 Å². The van der Waals surface area contributed by atoms with Gasteiger partial charge in [-0.2, -0.15) is 0 Å². The number of thiophene rings is 1. The normalized spacial score (nSPS) is 16.4. The molecule has 2 rings (SSSR count). The summed E-state index contributed by atoms with van der Waals surface area (Å²) >= 11 is 1.81. The largest absolute Gasteiger partial charge is 0.349 e. The minimum atomic E-state index is 0.0798. The molecule has 5 nitrogen and oxygen atoms in total. The predicted molar refractivity (Wildman–Crippen MR) is 117 cm³/mol. The zero-order valence-corrected chi connectivity index (χ0v) is 19.1. The molecule has 0 saturated carbocycles. The Kier molecular flexibility index (Phi) is 8.96. The lowest BCUT2D eigenvalue weighted by Gasteiger charge is -2.33. The maximum atomic E-state index is 12.6. The number of piperidine rings is 1. The Morgan fingerprint density at radius 1 is 1.29 bits per heavy atom. The van der Waals surface area contributed by atoms with Crippen LogP contribution in [-0.4, -0.2) is 72.8 Å². The van der Waals surface area contributed by atoms with E-state index in [1.165, 1.54) is 10.4 Å². The van der Waals surface area contributed by atoms with Gasteiger partial charge in [-0.1, -0.05) is 6.92 Å². The summed E-state index contributed by atoms with van der Waals surface area (Å²) in [5, 5.41) is 2.26. The molecule has 0 aromatic carbocycles. The molecular formula is C22H37N3O2S. The topological polar surface area (TPSA) is 43.9 Å². The minimum Gasteiger partial charge on any atom is -0.349 e. The number of likely N-dealkylation sites (tertiary alicyclic amines) is 1. The van der Waals surface area contributed by atoms with Gasteiger partial charge in [-0.3, -0.25) is 9.59 Å². The molecule has 1 fully saturated rings. The molecule has 2 amide bonds. The minimum absolute atomic E-state index is 0.0798. The number of hydrogen-bond donors (Lipinski definition) is 0. The SMILES string of the molecule is CCN(CCCC(=O)N1CCC(C(=O)N(C)C)CC1)C(C)Cc1csc(C)c1. The van der Waals surface area contributed by atoms with Crippen LogP contribution < -0.4 is 0 Å². The fourth-order valence-corrected chi connectivity index (χ4v) is 4.82. The highest BCUT2D eigenvalue weighted by Gasteiger charge is 2.28. The molecule has 2 heterocycles. The van der Waals surface area contributed by atoms with Crippen molar-refractivity contribution in [1.29, 1.82) is 0 Å². The number of amides is 2. The van der Waals surface area contributed by atoms with Gasteiger partial charge >= 0.3 is 0 Å². The number of hydrogen-bond acceptors (Lipinski definition) is 4. The van der Waals surface area contributed by atoms with E-state index in [1.54, 1.807) is 19.0 Å². The van der Waals surface area contributed by atoms with Crippen molar-refractivity contribution in [1.82, 2.24) is 14.7 Å². The third-order valence-electron chi connectivity index (χ3n) is 5.82. The van der Waals surface area contributed by atoms with Gasteiger partial charge in [0.25, 0.3) is 0 Å². The van der Waals surface area contributed by atoms with Crippen LogP contribution >= 0.6 is 11.3 Å². The summed E-state index contributed by atoms with van der Waals surface area (Å²) in [6, 6.07) is 2.77. The number of carbonyl (C=O) groups is 2. The van der Waals surface area contributed by atoms with Crippen LogP contribution in [0.2, 0.25) is 0 Å².